The summed E-state index contributed by atoms with van der Waals surface area (Å²) in [7, 11) is 1.54. The second-order valence-electron chi connectivity index (χ2n) is 7.35. The minimum atomic E-state index is -0.364. The van der Waals surface area contributed by atoms with Crippen LogP contribution in [-0.2, 0) is 9.59 Å². The molecular formula is C19H23Cl2N3O3. The number of nitrogens with zero attached hydrogens (tertiary/aromatic N) is 2. The molecule has 0 fully saturated rings. The first kappa shape index (κ1) is 21.3. The number of pyridine rings is 1. The Kier molecular flexibility index (Phi) is 6.54. The fraction of sp³-hybridized carbons (Fsp3) is 0.421. The summed E-state index contributed by atoms with van der Waals surface area (Å²) in [6, 6.07) is 5.22. The first-order valence-electron chi connectivity index (χ1n) is 8.41. The zero-order chi connectivity index (χ0) is 20.4. The number of halogens is 2. The summed E-state index contributed by atoms with van der Waals surface area (Å²) in [5, 5.41) is 4.22. The number of aryl methyl sites for hydroxylation is 1. The fourth-order valence-electron chi connectivity index (χ4n) is 2.43. The number of nitrogens with one attached hydrogen (secondary N) is 1. The van der Waals surface area contributed by atoms with Crippen molar-refractivity contribution >= 4 is 45.9 Å². The molecule has 1 heterocycles. The third-order valence-corrected chi connectivity index (χ3v) is 4.23. The van der Waals surface area contributed by atoms with E-state index in [0.717, 1.165) is 5.69 Å². The summed E-state index contributed by atoms with van der Waals surface area (Å²) in [6.45, 7) is 7.12. The van der Waals surface area contributed by atoms with Gasteiger partial charge in [-0.15, -0.1) is 0 Å². The maximum Gasteiger partial charge on any atom is 0.260 e. The van der Waals surface area contributed by atoms with Crippen LogP contribution in [0, 0.1) is 6.92 Å². The standard InChI is InChI=1S/C19H23Cl2N3O3/c1-11-6-7-12-13(20)8-14(21)18(17(12)22-11)27-10-16(26)24(5)9-15(25)23-19(2,3)4/h6-8H,9-10H2,1-5H3,(H,23,25). The van der Waals surface area contributed by atoms with Crippen LogP contribution < -0.4 is 10.1 Å². The van der Waals surface area contributed by atoms with Gasteiger partial charge in [0.2, 0.25) is 5.91 Å². The Morgan fingerprint density at radius 2 is 1.89 bits per heavy atom. The van der Waals surface area contributed by atoms with Crippen LogP contribution in [-0.4, -0.2) is 47.4 Å². The number of hydrogen-bond acceptors (Lipinski definition) is 4. The maximum absolute atomic E-state index is 12.3. The lowest BCUT2D eigenvalue weighted by atomic mass is 10.1. The number of carbonyl (C=O) groups is 2. The highest BCUT2D eigenvalue weighted by molar-refractivity contribution is 6.39. The molecule has 146 valence electrons. The van der Waals surface area contributed by atoms with E-state index in [9.17, 15) is 9.59 Å². The first-order chi connectivity index (χ1) is 12.5. The lowest BCUT2D eigenvalue weighted by Gasteiger charge is -2.23. The van der Waals surface area contributed by atoms with Crippen LogP contribution in [0.15, 0.2) is 18.2 Å². The second-order valence-corrected chi connectivity index (χ2v) is 8.17. The van der Waals surface area contributed by atoms with Gasteiger partial charge in [-0.1, -0.05) is 23.2 Å². The van der Waals surface area contributed by atoms with Crippen molar-refractivity contribution < 1.29 is 14.3 Å². The van der Waals surface area contributed by atoms with Gasteiger partial charge in [-0.25, -0.2) is 4.98 Å². The number of ether oxygens (including phenoxy) is 1. The molecule has 0 spiro atoms. The molecule has 2 amide bonds. The Morgan fingerprint density at radius 1 is 1.22 bits per heavy atom. The number of rotatable bonds is 5. The quantitative estimate of drug-likeness (QED) is 0.815. The third kappa shape index (κ3) is 5.71. The van der Waals surface area contributed by atoms with E-state index in [1.54, 1.807) is 6.07 Å². The van der Waals surface area contributed by atoms with Crippen molar-refractivity contribution in [3.63, 3.8) is 0 Å². The Hall–Kier alpha value is -2.05. The third-order valence-electron chi connectivity index (χ3n) is 3.64. The number of hydrogen-bond donors (Lipinski definition) is 1. The summed E-state index contributed by atoms with van der Waals surface area (Å²) in [5.41, 5.74) is 0.901. The van der Waals surface area contributed by atoms with Crippen molar-refractivity contribution in [2.45, 2.75) is 33.2 Å². The SMILES string of the molecule is Cc1ccc2c(Cl)cc(Cl)c(OCC(=O)N(C)CC(=O)NC(C)(C)C)c2n1. The number of carbonyl (C=O) groups excluding carboxylic acids is 2. The molecule has 6 nitrogen and oxygen atoms in total. The summed E-state index contributed by atoms with van der Waals surface area (Å²) in [4.78, 5) is 30.0. The van der Waals surface area contributed by atoms with Crippen LogP contribution >= 0.6 is 23.2 Å². The highest BCUT2D eigenvalue weighted by Crippen LogP contribution is 2.37. The molecular weight excluding hydrogens is 389 g/mol. The molecule has 0 aliphatic carbocycles. The van der Waals surface area contributed by atoms with Gasteiger partial charge in [0.15, 0.2) is 12.4 Å². The molecule has 27 heavy (non-hydrogen) atoms. The normalized spacial score (nSPS) is 11.4. The molecule has 1 N–H and O–H groups in total. The van der Waals surface area contributed by atoms with Gasteiger partial charge < -0.3 is 15.0 Å². The molecule has 0 radical (unpaired) electrons. The highest BCUT2D eigenvalue weighted by atomic mass is 35.5. The van der Waals surface area contributed by atoms with Gasteiger partial charge in [-0.05, 0) is 45.9 Å². The summed E-state index contributed by atoms with van der Waals surface area (Å²) in [6.07, 6.45) is 0. The number of fused-ring (bicyclic) bond motifs is 1. The van der Waals surface area contributed by atoms with E-state index in [0.29, 0.717) is 21.7 Å². The van der Waals surface area contributed by atoms with Gasteiger partial charge in [-0.3, -0.25) is 9.59 Å². The van der Waals surface area contributed by atoms with Crippen molar-refractivity contribution in [3.8, 4) is 5.75 Å². The van der Waals surface area contributed by atoms with E-state index in [2.05, 4.69) is 10.3 Å². The second kappa shape index (κ2) is 8.31. The van der Waals surface area contributed by atoms with Crippen LogP contribution in [0.4, 0.5) is 0 Å². The molecule has 8 heteroatoms. The molecule has 0 unspecified atom stereocenters. The number of amides is 2. The van der Waals surface area contributed by atoms with Crippen molar-refractivity contribution in [3.05, 3.63) is 33.9 Å². The van der Waals surface area contributed by atoms with E-state index >= 15 is 0 Å². The molecule has 0 aliphatic rings. The molecule has 0 saturated heterocycles. The van der Waals surface area contributed by atoms with Crippen molar-refractivity contribution in [1.82, 2.24) is 15.2 Å². The topological polar surface area (TPSA) is 71.5 Å². The molecule has 1 aromatic heterocycles. The van der Waals surface area contributed by atoms with Crippen molar-refractivity contribution in [2.75, 3.05) is 20.2 Å². The Morgan fingerprint density at radius 3 is 2.52 bits per heavy atom. The van der Waals surface area contributed by atoms with Gasteiger partial charge >= 0.3 is 0 Å². The minimum absolute atomic E-state index is 0.0636. The van der Waals surface area contributed by atoms with Gasteiger partial charge in [0.05, 0.1) is 16.6 Å². The number of aromatic nitrogens is 1. The van der Waals surface area contributed by atoms with E-state index in [1.165, 1.54) is 11.9 Å². The Balaban J connectivity index is 2.11. The summed E-state index contributed by atoms with van der Waals surface area (Å²) in [5.74, 6) is -0.308. The predicted octanol–water partition coefficient (Wildman–Crippen LogP) is 3.60. The molecule has 1 aromatic carbocycles. The fourth-order valence-corrected chi connectivity index (χ4v) is 3.00. The van der Waals surface area contributed by atoms with Crippen LogP contribution in [0.3, 0.4) is 0 Å². The molecule has 0 aliphatic heterocycles. The molecule has 2 aromatic rings. The van der Waals surface area contributed by atoms with E-state index in [4.69, 9.17) is 27.9 Å². The van der Waals surface area contributed by atoms with E-state index < -0.39 is 0 Å². The van der Waals surface area contributed by atoms with Crippen LogP contribution in [0.1, 0.15) is 26.5 Å². The predicted molar refractivity (Wildman–Crippen MR) is 108 cm³/mol. The van der Waals surface area contributed by atoms with E-state index in [-0.39, 0.29) is 35.5 Å². The molecule has 0 saturated carbocycles. The monoisotopic (exact) mass is 411 g/mol. The molecule has 0 bridgehead atoms. The Bertz CT molecular complexity index is 879. The van der Waals surface area contributed by atoms with Crippen molar-refractivity contribution in [1.29, 1.82) is 0 Å². The minimum Gasteiger partial charge on any atom is -0.480 e. The zero-order valence-corrected chi connectivity index (χ0v) is 17.5. The van der Waals surface area contributed by atoms with Crippen LogP contribution in [0.5, 0.6) is 5.75 Å². The lowest BCUT2D eigenvalue weighted by molar-refractivity contribution is -0.136. The van der Waals surface area contributed by atoms with Gasteiger partial charge in [-0.2, -0.15) is 0 Å². The summed E-state index contributed by atoms with van der Waals surface area (Å²) < 4.78 is 5.65. The molecule has 0 atom stereocenters. The maximum atomic E-state index is 12.3. The smallest absolute Gasteiger partial charge is 0.260 e. The van der Waals surface area contributed by atoms with Crippen molar-refractivity contribution in [2.24, 2.45) is 0 Å². The van der Waals surface area contributed by atoms with E-state index in [1.807, 2.05) is 39.8 Å². The van der Waals surface area contributed by atoms with Gasteiger partial charge in [0.1, 0.15) is 5.52 Å². The number of benzene rings is 1. The largest absolute Gasteiger partial charge is 0.480 e. The Labute approximate surface area is 168 Å². The average molecular weight is 412 g/mol. The van der Waals surface area contributed by atoms with Crippen LogP contribution in [0.2, 0.25) is 10.0 Å². The van der Waals surface area contributed by atoms with Gasteiger partial charge in [0, 0.05) is 23.7 Å². The summed E-state index contributed by atoms with van der Waals surface area (Å²) >= 11 is 12.5. The highest BCUT2D eigenvalue weighted by Gasteiger charge is 2.19. The molecule has 2 rings (SSSR count). The number of likely N-dealkylation sites (N-methyl/N-ethyl adjacent to an activating group) is 1. The average Bonchev–Trinajstić information content (AvgIpc) is 2.51. The van der Waals surface area contributed by atoms with Gasteiger partial charge in [0.25, 0.3) is 5.91 Å². The first-order valence-corrected chi connectivity index (χ1v) is 9.16. The lowest BCUT2D eigenvalue weighted by Crippen LogP contribution is -2.47. The van der Waals surface area contributed by atoms with Crippen LogP contribution in [0.25, 0.3) is 10.9 Å². The zero-order valence-electron chi connectivity index (χ0n) is 16.0.